The molecule has 126 valence electrons. The summed E-state index contributed by atoms with van der Waals surface area (Å²) < 4.78 is 0. The number of ketones is 1. The van der Waals surface area contributed by atoms with E-state index in [1.54, 1.807) is 48.5 Å². The number of hydrogen-bond acceptors (Lipinski definition) is 3. The fourth-order valence-electron chi connectivity index (χ4n) is 2.09. The first-order chi connectivity index (χ1) is 12.1. The molecular formula is C20H18N2O3. The highest BCUT2D eigenvalue weighted by Gasteiger charge is 2.08. The van der Waals surface area contributed by atoms with E-state index in [0.29, 0.717) is 11.1 Å². The first kappa shape index (κ1) is 18.0. The van der Waals surface area contributed by atoms with E-state index in [1.807, 2.05) is 6.07 Å². The lowest BCUT2D eigenvalue weighted by molar-refractivity contribution is -0.120. The Morgan fingerprint density at radius 1 is 0.880 bits per heavy atom. The fourth-order valence-corrected chi connectivity index (χ4v) is 2.09. The van der Waals surface area contributed by atoms with E-state index in [0.717, 1.165) is 5.56 Å². The lowest BCUT2D eigenvalue weighted by atomic mass is 10.1. The molecule has 0 radical (unpaired) electrons. The molecular weight excluding hydrogens is 316 g/mol. The molecule has 0 heterocycles. The summed E-state index contributed by atoms with van der Waals surface area (Å²) in [6.45, 7) is 0.190. The van der Waals surface area contributed by atoms with Gasteiger partial charge in [-0.3, -0.25) is 14.4 Å². The molecule has 0 aliphatic heterocycles. The second-order valence-electron chi connectivity index (χ2n) is 5.31. The summed E-state index contributed by atoms with van der Waals surface area (Å²) in [6.07, 6.45) is 0.292. The van der Waals surface area contributed by atoms with Gasteiger partial charge in [0.1, 0.15) is 0 Å². The molecule has 2 aromatic carbocycles. The smallest absolute Gasteiger partial charge is 0.248 e. The van der Waals surface area contributed by atoms with Crippen molar-refractivity contribution in [2.24, 2.45) is 5.73 Å². The molecule has 3 N–H and O–H groups in total. The van der Waals surface area contributed by atoms with E-state index in [9.17, 15) is 14.4 Å². The van der Waals surface area contributed by atoms with E-state index in [2.05, 4.69) is 17.2 Å². The number of nitrogens with two attached hydrogens (primary N) is 1. The van der Waals surface area contributed by atoms with Crippen LogP contribution in [0.15, 0.2) is 54.6 Å². The van der Waals surface area contributed by atoms with Gasteiger partial charge in [0.15, 0.2) is 5.78 Å². The Kier molecular flexibility index (Phi) is 6.49. The van der Waals surface area contributed by atoms with Gasteiger partial charge in [0.25, 0.3) is 0 Å². The Hall–Kier alpha value is -3.39. The minimum atomic E-state index is -0.489. The fraction of sp³-hybridized carbons (Fsp3) is 0.150. The van der Waals surface area contributed by atoms with Crippen molar-refractivity contribution in [1.29, 1.82) is 0 Å². The Labute approximate surface area is 146 Å². The van der Waals surface area contributed by atoms with Gasteiger partial charge in [0.05, 0.1) is 6.54 Å². The molecule has 25 heavy (non-hydrogen) atoms. The molecule has 0 saturated carbocycles. The van der Waals surface area contributed by atoms with Gasteiger partial charge in [-0.1, -0.05) is 42.2 Å². The minimum absolute atomic E-state index is 0.0589. The first-order valence-corrected chi connectivity index (χ1v) is 7.80. The summed E-state index contributed by atoms with van der Waals surface area (Å²) in [4.78, 5) is 34.6. The van der Waals surface area contributed by atoms with Gasteiger partial charge in [-0.15, -0.1) is 0 Å². The number of carbonyl (C=O) groups excluding carboxylic acids is 3. The van der Waals surface area contributed by atoms with Crippen LogP contribution in [0, 0.1) is 11.8 Å². The number of Topliss-reactive ketones (excluding diaryl/α,β-unsaturated/α-hetero) is 1. The van der Waals surface area contributed by atoms with Crippen LogP contribution < -0.4 is 11.1 Å². The molecule has 0 aliphatic carbocycles. The first-order valence-electron chi connectivity index (χ1n) is 7.80. The maximum Gasteiger partial charge on any atom is 0.248 e. The second kappa shape index (κ2) is 9.04. The van der Waals surface area contributed by atoms with Gasteiger partial charge in [-0.05, 0) is 24.3 Å². The molecule has 0 unspecified atom stereocenters. The lowest BCUT2D eigenvalue weighted by Gasteiger charge is -2.01. The predicted octanol–water partition coefficient (Wildman–Crippen LogP) is 1.92. The van der Waals surface area contributed by atoms with Crippen LogP contribution in [-0.2, 0) is 4.79 Å². The zero-order valence-electron chi connectivity index (χ0n) is 13.6. The summed E-state index contributed by atoms with van der Waals surface area (Å²) in [7, 11) is 0. The normalized spacial score (nSPS) is 9.60. The number of amides is 2. The third kappa shape index (κ3) is 5.96. The number of hydrogen-bond donors (Lipinski definition) is 2. The molecule has 5 nitrogen and oxygen atoms in total. The van der Waals surface area contributed by atoms with Crippen LogP contribution in [0.4, 0.5) is 0 Å². The van der Waals surface area contributed by atoms with E-state index in [4.69, 9.17) is 5.73 Å². The summed E-state index contributed by atoms with van der Waals surface area (Å²) in [5, 5.41) is 2.65. The van der Waals surface area contributed by atoms with Crippen LogP contribution in [0.25, 0.3) is 0 Å². The number of rotatable bonds is 6. The summed E-state index contributed by atoms with van der Waals surface area (Å²) in [6, 6.07) is 15.5. The maximum atomic E-state index is 11.9. The Morgan fingerprint density at radius 3 is 2.20 bits per heavy atom. The van der Waals surface area contributed by atoms with Crippen molar-refractivity contribution in [1.82, 2.24) is 5.32 Å². The molecule has 0 bridgehead atoms. The van der Waals surface area contributed by atoms with Crippen LogP contribution >= 0.6 is 0 Å². The highest BCUT2D eigenvalue weighted by atomic mass is 16.2. The zero-order chi connectivity index (χ0) is 18.1. The number of nitrogens with one attached hydrogen (secondary N) is 1. The van der Waals surface area contributed by atoms with Crippen LogP contribution in [0.5, 0.6) is 0 Å². The van der Waals surface area contributed by atoms with Crippen molar-refractivity contribution in [3.05, 3.63) is 71.3 Å². The third-order valence-electron chi connectivity index (χ3n) is 3.45. The Morgan fingerprint density at radius 2 is 1.56 bits per heavy atom. The number of carbonyl (C=O) groups is 3. The molecule has 0 aromatic heterocycles. The molecule has 0 saturated heterocycles. The van der Waals surface area contributed by atoms with Gasteiger partial charge in [-0.2, -0.15) is 0 Å². The summed E-state index contributed by atoms with van der Waals surface area (Å²) >= 11 is 0. The van der Waals surface area contributed by atoms with Crippen LogP contribution in [0.1, 0.15) is 39.1 Å². The molecule has 0 aliphatic rings. The Bertz CT molecular complexity index is 816. The van der Waals surface area contributed by atoms with E-state index < -0.39 is 5.91 Å². The predicted molar refractivity (Wildman–Crippen MR) is 94.9 cm³/mol. The quantitative estimate of drug-likeness (QED) is 0.625. The molecule has 5 heteroatoms. The topological polar surface area (TPSA) is 89.3 Å². The van der Waals surface area contributed by atoms with Gasteiger partial charge in [0, 0.05) is 29.5 Å². The number of primary amides is 1. The van der Waals surface area contributed by atoms with E-state index >= 15 is 0 Å². The molecule has 2 aromatic rings. The molecule has 2 amide bonds. The van der Waals surface area contributed by atoms with Gasteiger partial charge in [0.2, 0.25) is 11.8 Å². The maximum absolute atomic E-state index is 11.9. The van der Waals surface area contributed by atoms with Crippen molar-refractivity contribution in [2.45, 2.75) is 12.8 Å². The standard InChI is InChI=1S/C20H18N2O3/c21-20(25)17-10-8-15(9-11-17)5-4-14-22-19(24)13-12-18(23)16-6-2-1-3-7-16/h1-3,6-11H,12-14H2,(H2,21,25)(H,22,24). The highest BCUT2D eigenvalue weighted by Crippen LogP contribution is 2.05. The van der Waals surface area contributed by atoms with Crippen LogP contribution in [0.3, 0.4) is 0 Å². The molecule has 0 spiro atoms. The second-order valence-corrected chi connectivity index (χ2v) is 5.31. The van der Waals surface area contributed by atoms with Crippen molar-refractivity contribution in [3.63, 3.8) is 0 Å². The summed E-state index contributed by atoms with van der Waals surface area (Å²) in [5.41, 5.74) is 6.90. The van der Waals surface area contributed by atoms with Crippen LogP contribution in [0.2, 0.25) is 0 Å². The average molecular weight is 334 g/mol. The van der Waals surface area contributed by atoms with Crippen molar-refractivity contribution >= 4 is 17.6 Å². The SMILES string of the molecule is NC(=O)c1ccc(C#CCNC(=O)CCC(=O)c2ccccc2)cc1. The average Bonchev–Trinajstić information content (AvgIpc) is 2.64. The highest BCUT2D eigenvalue weighted by molar-refractivity contribution is 5.97. The van der Waals surface area contributed by atoms with Crippen molar-refractivity contribution in [3.8, 4) is 11.8 Å². The number of benzene rings is 2. The van der Waals surface area contributed by atoms with Gasteiger partial charge >= 0.3 is 0 Å². The molecule has 2 rings (SSSR count). The summed E-state index contributed by atoms with van der Waals surface area (Å²) in [5.74, 6) is 4.92. The largest absolute Gasteiger partial charge is 0.366 e. The van der Waals surface area contributed by atoms with E-state index in [1.165, 1.54) is 0 Å². The Balaban J connectivity index is 1.74. The monoisotopic (exact) mass is 334 g/mol. The van der Waals surface area contributed by atoms with Crippen LogP contribution in [-0.4, -0.2) is 24.1 Å². The lowest BCUT2D eigenvalue weighted by Crippen LogP contribution is -2.24. The molecule has 0 atom stereocenters. The van der Waals surface area contributed by atoms with Crippen molar-refractivity contribution in [2.75, 3.05) is 6.54 Å². The molecule has 0 fully saturated rings. The van der Waals surface area contributed by atoms with Gasteiger partial charge in [-0.25, -0.2) is 0 Å². The minimum Gasteiger partial charge on any atom is -0.366 e. The van der Waals surface area contributed by atoms with E-state index in [-0.39, 0.29) is 31.1 Å². The zero-order valence-corrected chi connectivity index (χ0v) is 13.6. The third-order valence-corrected chi connectivity index (χ3v) is 3.45. The van der Waals surface area contributed by atoms with Gasteiger partial charge < -0.3 is 11.1 Å². The van der Waals surface area contributed by atoms with Crippen molar-refractivity contribution < 1.29 is 14.4 Å².